The van der Waals surface area contributed by atoms with Crippen LogP contribution in [0.2, 0.25) is 0 Å². The molecule has 2 aliphatic rings. The Morgan fingerprint density at radius 2 is 1.32 bits per heavy atom. The first kappa shape index (κ1) is 13.8. The molecule has 114 valence electrons. The van der Waals surface area contributed by atoms with Gasteiger partial charge in [0.05, 0.1) is 12.1 Å². The van der Waals surface area contributed by atoms with E-state index in [0.717, 1.165) is 19.3 Å². The lowest BCUT2D eigenvalue weighted by Crippen LogP contribution is -2.41. The topological polar surface area (TPSA) is 43.7 Å². The molecule has 3 nitrogen and oxygen atoms in total. The van der Waals surface area contributed by atoms with Crippen molar-refractivity contribution in [2.75, 3.05) is 4.90 Å². The van der Waals surface area contributed by atoms with Gasteiger partial charge in [-0.15, -0.1) is 0 Å². The van der Waals surface area contributed by atoms with Crippen molar-refractivity contribution in [1.29, 1.82) is 0 Å². The highest BCUT2D eigenvalue weighted by Gasteiger charge is 2.39. The Hall–Kier alpha value is -1.84. The van der Waals surface area contributed by atoms with E-state index in [1.165, 1.54) is 22.5 Å². The standard InChI is InChI=1S/C19H21NO2/c21-18-12-11-17(19(18)22)20-15-7-3-1-5-13(15)9-10-14-6-2-4-8-16(14)20/h1-8,17-19,21-22H,9-12H2. The summed E-state index contributed by atoms with van der Waals surface area (Å²) in [5.41, 5.74) is 4.97. The Morgan fingerprint density at radius 3 is 1.82 bits per heavy atom. The van der Waals surface area contributed by atoms with Gasteiger partial charge < -0.3 is 15.1 Å². The molecule has 0 spiro atoms. The Morgan fingerprint density at radius 1 is 0.773 bits per heavy atom. The molecule has 1 aliphatic heterocycles. The molecule has 1 fully saturated rings. The highest BCUT2D eigenvalue weighted by Crippen LogP contribution is 2.41. The smallest absolute Gasteiger partial charge is 0.101 e. The van der Waals surface area contributed by atoms with Crippen molar-refractivity contribution >= 4 is 11.4 Å². The van der Waals surface area contributed by atoms with E-state index in [9.17, 15) is 10.2 Å². The lowest BCUT2D eigenvalue weighted by Gasteiger charge is -2.35. The summed E-state index contributed by atoms with van der Waals surface area (Å²) in [5.74, 6) is 0. The molecule has 2 N–H and O–H groups in total. The zero-order valence-corrected chi connectivity index (χ0v) is 12.5. The van der Waals surface area contributed by atoms with Crippen LogP contribution in [-0.2, 0) is 12.8 Å². The maximum atomic E-state index is 10.5. The van der Waals surface area contributed by atoms with Gasteiger partial charge in [-0.3, -0.25) is 0 Å². The van der Waals surface area contributed by atoms with Gasteiger partial charge in [-0.05, 0) is 48.9 Å². The molecule has 0 amide bonds. The summed E-state index contributed by atoms with van der Waals surface area (Å²) >= 11 is 0. The SMILES string of the molecule is OC1CCC(N2c3ccccc3CCc3ccccc32)C1O. The van der Waals surface area contributed by atoms with Crippen LogP contribution in [0.4, 0.5) is 11.4 Å². The number of hydrogen-bond donors (Lipinski definition) is 2. The number of anilines is 2. The second kappa shape index (κ2) is 5.41. The quantitative estimate of drug-likeness (QED) is 0.850. The van der Waals surface area contributed by atoms with Crippen LogP contribution in [-0.4, -0.2) is 28.5 Å². The largest absolute Gasteiger partial charge is 0.390 e. The number of hydrogen-bond acceptors (Lipinski definition) is 3. The number of aryl methyl sites for hydroxylation is 2. The second-order valence-corrected chi connectivity index (χ2v) is 6.33. The van der Waals surface area contributed by atoms with E-state index in [1.807, 2.05) is 0 Å². The number of aliphatic hydroxyl groups excluding tert-OH is 2. The van der Waals surface area contributed by atoms with Crippen LogP contribution >= 0.6 is 0 Å². The van der Waals surface area contributed by atoms with E-state index >= 15 is 0 Å². The lowest BCUT2D eigenvalue weighted by molar-refractivity contribution is 0.0364. The first-order valence-electron chi connectivity index (χ1n) is 8.07. The van der Waals surface area contributed by atoms with Crippen molar-refractivity contribution in [3.63, 3.8) is 0 Å². The highest BCUT2D eigenvalue weighted by molar-refractivity contribution is 5.72. The van der Waals surface area contributed by atoms with Gasteiger partial charge in [0.15, 0.2) is 0 Å². The molecule has 3 unspecified atom stereocenters. The summed E-state index contributed by atoms with van der Waals surface area (Å²) in [5, 5.41) is 20.4. The summed E-state index contributed by atoms with van der Waals surface area (Å²) in [4.78, 5) is 2.26. The predicted molar refractivity (Wildman–Crippen MR) is 87.5 cm³/mol. The van der Waals surface area contributed by atoms with Crippen LogP contribution in [0, 0.1) is 0 Å². The molecular weight excluding hydrogens is 274 g/mol. The number of benzene rings is 2. The van der Waals surface area contributed by atoms with Crippen molar-refractivity contribution < 1.29 is 10.2 Å². The minimum atomic E-state index is -0.695. The monoisotopic (exact) mass is 295 g/mol. The Labute approximate surface area is 130 Å². The van der Waals surface area contributed by atoms with Crippen LogP contribution in [0.5, 0.6) is 0 Å². The number of fused-ring (bicyclic) bond motifs is 2. The Balaban J connectivity index is 1.88. The molecule has 1 saturated carbocycles. The minimum absolute atomic E-state index is 0.0598. The number of para-hydroxylation sites is 2. The number of aliphatic hydroxyl groups is 2. The van der Waals surface area contributed by atoms with Gasteiger partial charge >= 0.3 is 0 Å². The van der Waals surface area contributed by atoms with E-state index in [0.29, 0.717) is 6.42 Å². The van der Waals surface area contributed by atoms with Crippen LogP contribution in [0.25, 0.3) is 0 Å². The van der Waals surface area contributed by atoms with Crippen molar-refractivity contribution in [3.8, 4) is 0 Å². The van der Waals surface area contributed by atoms with Gasteiger partial charge in [0.2, 0.25) is 0 Å². The fourth-order valence-corrected chi connectivity index (χ4v) is 3.89. The molecule has 2 aromatic rings. The molecule has 1 aliphatic carbocycles. The number of rotatable bonds is 1. The summed E-state index contributed by atoms with van der Waals surface area (Å²) in [6, 6.07) is 16.8. The maximum Gasteiger partial charge on any atom is 0.101 e. The molecule has 0 bridgehead atoms. The van der Waals surface area contributed by atoms with Crippen LogP contribution in [0.1, 0.15) is 24.0 Å². The molecular formula is C19H21NO2. The van der Waals surface area contributed by atoms with Crippen molar-refractivity contribution in [2.24, 2.45) is 0 Å². The fourth-order valence-electron chi connectivity index (χ4n) is 3.89. The first-order chi connectivity index (χ1) is 10.8. The Bertz CT molecular complexity index is 637. The maximum absolute atomic E-state index is 10.5. The van der Waals surface area contributed by atoms with Crippen molar-refractivity contribution in [2.45, 2.75) is 43.9 Å². The summed E-state index contributed by atoms with van der Waals surface area (Å²) in [7, 11) is 0. The molecule has 3 heteroatoms. The van der Waals surface area contributed by atoms with E-state index in [1.54, 1.807) is 0 Å². The third-order valence-corrected chi connectivity index (χ3v) is 5.04. The fraction of sp³-hybridized carbons (Fsp3) is 0.368. The van der Waals surface area contributed by atoms with Gasteiger partial charge in [0.25, 0.3) is 0 Å². The van der Waals surface area contributed by atoms with Gasteiger partial charge in [-0.25, -0.2) is 0 Å². The van der Waals surface area contributed by atoms with Crippen LogP contribution in [0.3, 0.4) is 0 Å². The average molecular weight is 295 g/mol. The molecule has 0 radical (unpaired) electrons. The molecule has 0 aromatic heterocycles. The molecule has 3 atom stereocenters. The van der Waals surface area contributed by atoms with Gasteiger partial charge in [0.1, 0.15) is 6.10 Å². The third-order valence-electron chi connectivity index (χ3n) is 5.04. The van der Waals surface area contributed by atoms with Gasteiger partial charge in [-0.1, -0.05) is 36.4 Å². The van der Waals surface area contributed by atoms with Crippen LogP contribution < -0.4 is 4.90 Å². The van der Waals surface area contributed by atoms with Crippen molar-refractivity contribution in [3.05, 3.63) is 59.7 Å². The van der Waals surface area contributed by atoms with Crippen LogP contribution in [0.15, 0.2) is 48.5 Å². The molecule has 0 saturated heterocycles. The van der Waals surface area contributed by atoms with E-state index < -0.39 is 12.2 Å². The summed E-state index contributed by atoms with van der Waals surface area (Å²) in [6.45, 7) is 0. The zero-order valence-electron chi connectivity index (χ0n) is 12.5. The normalized spacial score (nSPS) is 27.2. The summed E-state index contributed by atoms with van der Waals surface area (Å²) in [6.07, 6.45) is 2.17. The Kier molecular flexibility index (Phi) is 3.40. The van der Waals surface area contributed by atoms with Gasteiger partial charge in [-0.2, -0.15) is 0 Å². The van der Waals surface area contributed by atoms with E-state index in [-0.39, 0.29) is 6.04 Å². The molecule has 1 heterocycles. The first-order valence-corrected chi connectivity index (χ1v) is 8.07. The van der Waals surface area contributed by atoms with Crippen molar-refractivity contribution in [1.82, 2.24) is 0 Å². The van der Waals surface area contributed by atoms with E-state index in [2.05, 4.69) is 53.4 Å². The second-order valence-electron chi connectivity index (χ2n) is 6.33. The third kappa shape index (κ3) is 2.13. The number of nitrogens with zero attached hydrogens (tertiary/aromatic N) is 1. The molecule has 22 heavy (non-hydrogen) atoms. The predicted octanol–water partition coefficient (Wildman–Crippen LogP) is 2.81. The molecule has 4 rings (SSSR count). The lowest BCUT2D eigenvalue weighted by atomic mass is 10.0. The summed E-state index contributed by atoms with van der Waals surface area (Å²) < 4.78 is 0. The zero-order chi connectivity index (χ0) is 15.1. The molecule has 2 aromatic carbocycles. The minimum Gasteiger partial charge on any atom is -0.390 e. The van der Waals surface area contributed by atoms with E-state index in [4.69, 9.17) is 0 Å². The average Bonchev–Trinajstić information content (AvgIpc) is 2.80. The van der Waals surface area contributed by atoms with Gasteiger partial charge in [0, 0.05) is 11.4 Å². The highest BCUT2D eigenvalue weighted by atomic mass is 16.3.